The number of nitrogens with one attached hydrogen (secondary N) is 2. The molecule has 2 aromatic carbocycles. The number of nitrogens with zero attached hydrogens (tertiary/aromatic N) is 1. The zero-order valence-corrected chi connectivity index (χ0v) is 26.3. The minimum absolute atomic E-state index is 0.0335. The predicted molar refractivity (Wildman–Crippen MR) is 169 cm³/mol. The summed E-state index contributed by atoms with van der Waals surface area (Å²) >= 11 is 0. The first-order chi connectivity index (χ1) is 20.6. The number of benzene rings is 2. The Morgan fingerprint density at radius 1 is 1.14 bits per heavy atom. The molecule has 1 heterocycles. The smallest absolute Gasteiger partial charge is 0.243 e. The van der Waals surface area contributed by atoms with Crippen LogP contribution in [0.25, 0.3) is 0 Å². The zero-order chi connectivity index (χ0) is 31.0. The summed E-state index contributed by atoms with van der Waals surface area (Å²) in [5, 5.41) is 18.2. The highest BCUT2D eigenvalue weighted by atomic mass is 16.5. The number of carbonyl (C=O) groups is 2. The molecule has 0 spiro atoms. The number of unbranched alkanes of at least 4 members (excludes halogenated alkanes) is 1. The monoisotopic (exact) mass is 591 g/mol. The van der Waals surface area contributed by atoms with Gasteiger partial charge in [0.2, 0.25) is 11.8 Å². The lowest BCUT2D eigenvalue weighted by molar-refractivity contribution is -0.146. The minimum atomic E-state index is -0.874. The average Bonchev–Trinajstić information content (AvgIpc) is 3.35. The topological polar surface area (TPSA) is 100 Å². The lowest BCUT2D eigenvalue weighted by Crippen LogP contribution is -2.56. The summed E-state index contributed by atoms with van der Waals surface area (Å²) in [4.78, 5) is 29.2. The Bertz CT molecular complexity index is 1250. The van der Waals surface area contributed by atoms with Gasteiger partial charge in [0, 0.05) is 25.0 Å². The molecule has 43 heavy (non-hydrogen) atoms. The fraction of sp³-hybridized carbons (Fsp3) is 0.543. The Balaban J connectivity index is 1.63. The van der Waals surface area contributed by atoms with Gasteiger partial charge in [-0.2, -0.15) is 0 Å². The molecule has 4 rings (SSSR count). The number of aliphatic hydroxyl groups excluding tert-OH is 1. The van der Waals surface area contributed by atoms with E-state index in [1.165, 1.54) is 0 Å². The number of β-amino-alcohol motifs (C(OH)–C–C–N with tert-alkyl or cyclic N) is 1. The van der Waals surface area contributed by atoms with Crippen LogP contribution in [0, 0.1) is 5.41 Å². The number of ether oxygens (including phenoxy) is 2. The van der Waals surface area contributed by atoms with Gasteiger partial charge in [-0.15, -0.1) is 0 Å². The van der Waals surface area contributed by atoms with Crippen molar-refractivity contribution in [2.45, 2.75) is 89.6 Å². The van der Waals surface area contributed by atoms with Crippen LogP contribution in [0.3, 0.4) is 0 Å². The second kappa shape index (κ2) is 15.0. The van der Waals surface area contributed by atoms with Gasteiger partial charge in [-0.25, -0.2) is 0 Å². The van der Waals surface area contributed by atoms with Gasteiger partial charge in [-0.05, 0) is 54.5 Å². The van der Waals surface area contributed by atoms with Gasteiger partial charge in [0.25, 0.3) is 0 Å². The number of aliphatic hydroxyl groups is 1. The molecule has 8 nitrogen and oxygen atoms in total. The van der Waals surface area contributed by atoms with Crippen LogP contribution >= 0.6 is 0 Å². The molecular formula is C35H49N3O5. The minimum Gasteiger partial charge on any atom is -0.497 e. The standard InChI is InChI=1S/C35H49N3O5/c1-6-7-18-35(2,3)34(41)38(4)30-15-11-12-19-43-32-22-28(27-21-25(42-5)16-17-26(27)32)36-23-31(39)29(37-33(30)40)20-24-13-9-8-10-14-24/h8-14,16-17,21,28-32,36,39H,6-7,15,18-20,22-23H2,1-5H3,(H,37,40)/b12-11-/t28-,29-,30-,31+,32+/m0/s1. The van der Waals surface area contributed by atoms with Gasteiger partial charge >= 0.3 is 0 Å². The lowest BCUT2D eigenvalue weighted by Gasteiger charge is -2.35. The Kier molecular flexibility index (Phi) is 11.4. The lowest BCUT2D eigenvalue weighted by atomic mass is 9.85. The molecule has 3 N–H and O–H groups in total. The van der Waals surface area contributed by atoms with Crippen LogP contribution in [0.2, 0.25) is 0 Å². The van der Waals surface area contributed by atoms with E-state index >= 15 is 0 Å². The van der Waals surface area contributed by atoms with Gasteiger partial charge in [-0.3, -0.25) is 9.59 Å². The Morgan fingerprint density at radius 2 is 1.91 bits per heavy atom. The second-order valence-electron chi connectivity index (χ2n) is 12.5. The first-order valence-corrected chi connectivity index (χ1v) is 15.6. The van der Waals surface area contributed by atoms with Gasteiger partial charge in [0.1, 0.15) is 11.8 Å². The van der Waals surface area contributed by atoms with Crippen molar-refractivity contribution in [3.63, 3.8) is 0 Å². The fourth-order valence-corrected chi connectivity index (χ4v) is 6.18. The van der Waals surface area contributed by atoms with E-state index in [1.54, 1.807) is 19.1 Å². The normalized spacial score (nSPS) is 25.5. The maximum atomic E-state index is 13.9. The number of hydrogen-bond donors (Lipinski definition) is 3. The van der Waals surface area contributed by atoms with Crippen LogP contribution in [0.15, 0.2) is 60.7 Å². The average molecular weight is 592 g/mol. The van der Waals surface area contributed by atoms with E-state index in [4.69, 9.17) is 9.47 Å². The van der Waals surface area contributed by atoms with Crippen molar-refractivity contribution >= 4 is 11.8 Å². The molecule has 5 atom stereocenters. The second-order valence-corrected chi connectivity index (χ2v) is 12.5. The maximum Gasteiger partial charge on any atom is 0.243 e. The molecule has 2 bridgehead atoms. The van der Waals surface area contributed by atoms with Crippen molar-refractivity contribution in [1.29, 1.82) is 0 Å². The van der Waals surface area contributed by atoms with Crippen molar-refractivity contribution in [3.05, 3.63) is 77.4 Å². The van der Waals surface area contributed by atoms with E-state index in [0.29, 0.717) is 19.4 Å². The Labute approximate surface area is 256 Å². The first-order valence-electron chi connectivity index (χ1n) is 15.6. The first kappa shape index (κ1) is 32.7. The number of hydrogen-bond acceptors (Lipinski definition) is 6. The molecule has 0 aromatic heterocycles. The van der Waals surface area contributed by atoms with Gasteiger partial charge in [0.05, 0.1) is 32.0 Å². The fourth-order valence-electron chi connectivity index (χ4n) is 6.18. The van der Waals surface area contributed by atoms with Crippen molar-refractivity contribution in [1.82, 2.24) is 15.5 Å². The summed E-state index contributed by atoms with van der Waals surface area (Å²) in [5.41, 5.74) is 2.63. The quantitative estimate of drug-likeness (QED) is 0.379. The Morgan fingerprint density at radius 3 is 2.63 bits per heavy atom. The van der Waals surface area contributed by atoms with Crippen LogP contribution in [0.5, 0.6) is 5.75 Å². The van der Waals surface area contributed by atoms with E-state index in [1.807, 2.05) is 68.5 Å². The molecule has 234 valence electrons. The highest BCUT2D eigenvalue weighted by Crippen LogP contribution is 2.42. The van der Waals surface area contributed by atoms with Crippen LogP contribution < -0.4 is 15.4 Å². The molecule has 8 heteroatoms. The van der Waals surface area contributed by atoms with Crippen LogP contribution in [-0.2, 0) is 20.7 Å². The maximum absolute atomic E-state index is 13.9. The summed E-state index contributed by atoms with van der Waals surface area (Å²) in [5.74, 6) is 0.437. The Hall–Kier alpha value is -3.20. The van der Waals surface area contributed by atoms with Crippen molar-refractivity contribution in [2.24, 2.45) is 5.41 Å². The molecule has 0 fully saturated rings. The highest BCUT2D eigenvalue weighted by Gasteiger charge is 2.37. The molecule has 2 amide bonds. The largest absolute Gasteiger partial charge is 0.497 e. The third-order valence-electron chi connectivity index (χ3n) is 8.87. The summed E-state index contributed by atoms with van der Waals surface area (Å²) in [6, 6.07) is 14.6. The van der Waals surface area contributed by atoms with E-state index in [2.05, 4.69) is 23.6 Å². The SMILES string of the molecule is CCCCC(C)(C)C(=O)N(C)[C@H]1C/C=C\CO[C@@H]2C[C@H](NC[C@@H](O)[C@H](Cc3ccccc3)NC1=O)c1cc(OC)ccc12. The third kappa shape index (κ3) is 8.25. The number of methoxy groups -OCH3 is 1. The van der Waals surface area contributed by atoms with Crippen molar-refractivity contribution in [3.8, 4) is 5.75 Å². The molecule has 0 saturated heterocycles. The number of likely N-dealkylation sites (N-methyl/N-ethyl adjacent to an activating group) is 1. The van der Waals surface area contributed by atoms with Crippen LogP contribution in [0.1, 0.15) is 81.7 Å². The summed E-state index contributed by atoms with van der Waals surface area (Å²) in [6.45, 7) is 6.67. The number of amides is 2. The van der Waals surface area contributed by atoms with Crippen molar-refractivity contribution in [2.75, 3.05) is 27.3 Å². The van der Waals surface area contributed by atoms with E-state index in [0.717, 1.165) is 48.1 Å². The number of fused-ring (bicyclic) bond motifs is 5. The molecule has 0 unspecified atom stereocenters. The summed E-state index contributed by atoms with van der Waals surface area (Å²) in [6.07, 6.45) is 7.10. The summed E-state index contributed by atoms with van der Waals surface area (Å²) < 4.78 is 11.8. The number of rotatable bonds is 8. The molecule has 2 aromatic rings. The molecule has 2 aliphatic rings. The van der Waals surface area contributed by atoms with E-state index in [9.17, 15) is 14.7 Å². The summed E-state index contributed by atoms with van der Waals surface area (Å²) in [7, 11) is 3.37. The molecule has 1 aliphatic carbocycles. The third-order valence-corrected chi connectivity index (χ3v) is 8.87. The van der Waals surface area contributed by atoms with Crippen molar-refractivity contribution < 1.29 is 24.2 Å². The van der Waals surface area contributed by atoms with Crippen LogP contribution in [0.4, 0.5) is 0 Å². The molecular weight excluding hydrogens is 542 g/mol. The predicted octanol–water partition coefficient (Wildman–Crippen LogP) is 4.88. The zero-order valence-electron chi connectivity index (χ0n) is 26.3. The van der Waals surface area contributed by atoms with E-state index < -0.39 is 23.6 Å². The highest BCUT2D eigenvalue weighted by molar-refractivity contribution is 5.90. The van der Waals surface area contributed by atoms with Crippen LogP contribution in [-0.4, -0.2) is 67.3 Å². The van der Waals surface area contributed by atoms with Gasteiger partial charge in [-0.1, -0.05) is 82.2 Å². The van der Waals surface area contributed by atoms with Gasteiger partial charge in [0.15, 0.2) is 0 Å². The van der Waals surface area contributed by atoms with E-state index in [-0.39, 0.29) is 30.5 Å². The molecule has 1 aliphatic heterocycles. The molecule has 0 radical (unpaired) electrons. The number of carbonyl (C=O) groups excluding carboxylic acids is 2. The van der Waals surface area contributed by atoms with Gasteiger partial charge < -0.3 is 30.1 Å². The molecule has 0 saturated carbocycles.